The van der Waals surface area contributed by atoms with Crippen LogP contribution in [0.15, 0.2) is 30.9 Å². The van der Waals surface area contributed by atoms with E-state index in [4.69, 9.17) is 11.6 Å². The number of anilines is 2. The number of halogens is 2. The van der Waals surface area contributed by atoms with Crippen molar-refractivity contribution in [3.05, 3.63) is 41.7 Å². The monoisotopic (exact) mass is 263 g/mol. The summed E-state index contributed by atoms with van der Waals surface area (Å²) in [5.74, 6) is -0.0795. The molecule has 5 nitrogen and oxygen atoms in total. The van der Waals surface area contributed by atoms with Crippen molar-refractivity contribution in [2.75, 3.05) is 5.32 Å². The van der Waals surface area contributed by atoms with E-state index < -0.39 is 5.82 Å². The molecule has 0 radical (unpaired) electrons. The Morgan fingerprint density at radius 1 is 1.22 bits per heavy atom. The fourth-order valence-electron chi connectivity index (χ4n) is 1.59. The van der Waals surface area contributed by atoms with Gasteiger partial charge in [-0.3, -0.25) is 0 Å². The van der Waals surface area contributed by atoms with E-state index in [9.17, 15) is 4.39 Å². The first-order valence-electron chi connectivity index (χ1n) is 5.11. The third kappa shape index (κ3) is 1.76. The molecule has 0 aliphatic rings. The molecule has 0 aliphatic carbocycles. The van der Waals surface area contributed by atoms with Crippen LogP contribution in [0.3, 0.4) is 0 Å². The molecule has 18 heavy (non-hydrogen) atoms. The first-order valence-corrected chi connectivity index (χ1v) is 5.48. The normalized spacial score (nSPS) is 10.8. The first kappa shape index (κ1) is 10.9. The summed E-state index contributed by atoms with van der Waals surface area (Å²) in [6, 6.07) is 4.71. The molecule has 2 heterocycles. The lowest BCUT2D eigenvalue weighted by molar-refractivity contribution is 0.632. The van der Waals surface area contributed by atoms with Gasteiger partial charge in [0.1, 0.15) is 11.8 Å². The SMILES string of the molecule is Fc1c(Cl)cccc1Nc1ncnc2nc[nH]c12. The van der Waals surface area contributed by atoms with Crippen molar-refractivity contribution in [1.82, 2.24) is 19.9 Å². The quantitative estimate of drug-likeness (QED) is 0.746. The second-order valence-corrected chi connectivity index (χ2v) is 3.96. The van der Waals surface area contributed by atoms with Gasteiger partial charge in [-0.1, -0.05) is 17.7 Å². The van der Waals surface area contributed by atoms with Crippen molar-refractivity contribution in [2.24, 2.45) is 0 Å². The number of imidazole rings is 1. The lowest BCUT2D eigenvalue weighted by atomic mass is 10.3. The molecule has 2 aromatic heterocycles. The highest BCUT2D eigenvalue weighted by atomic mass is 35.5. The molecule has 0 spiro atoms. The standard InChI is InChI=1S/C11H7ClFN5/c12-6-2-1-3-7(8(6)13)18-11-9-10(15-4-14-9)16-5-17-11/h1-5H,(H2,14,15,16,17,18). The highest BCUT2D eigenvalue weighted by Gasteiger charge is 2.10. The van der Waals surface area contributed by atoms with Gasteiger partial charge in [-0.2, -0.15) is 0 Å². The zero-order valence-electron chi connectivity index (χ0n) is 8.98. The molecule has 3 rings (SSSR count). The number of H-pyrrole nitrogens is 1. The summed E-state index contributed by atoms with van der Waals surface area (Å²) in [5.41, 5.74) is 1.36. The lowest BCUT2D eigenvalue weighted by Gasteiger charge is -2.07. The number of aromatic amines is 1. The van der Waals surface area contributed by atoms with Crippen LogP contribution in [0, 0.1) is 5.82 Å². The van der Waals surface area contributed by atoms with Gasteiger partial charge in [0.15, 0.2) is 17.3 Å². The van der Waals surface area contributed by atoms with Crippen LogP contribution in [0.5, 0.6) is 0 Å². The van der Waals surface area contributed by atoms with Gasteiger partial charge in [0.05, 0.1) is 17.0 Å². The third-order valence-corrected chi connectivity index (χ3v) is 2.72. The molecule has 1 aromatic carbocycles. The Balaban J connectivity index is 2.06. The highest BCUT2D eigenvalue weighted by Crippen LogP contribution is 2.26. The van der Waals surface area contributed by atoms with Crippen molar-refractivity contribution in [3.8, 4) is 0 Å². The van der Waals surface area contributed by atoms with Crippen LogP contribution in [0.4, 0.5) is 15.9 Å². The Labute approximate surface area is 106 Å². The first-order chi connectivity index (χ1) is 8.75. The summed E-state index contributed by atoms with van der Waals surface area (Å²) >= 11 is 5.71. The lowest BCUT2D eigenvalue weighted by Crippen LogP contribution is -1.98. The largest absolute Gasteiger partial charge is 0.340 e. The Bertz CT molecular complexity index is 711. The van der Waals surface area contributed by atoms with Gasteiger partial charge in [0, 0.05) is 0 Å². The van der Waals surface area contributed by atoms with Crippen LogP contribution in [-0.4, -0.2) is 19.9 Å². The number of rotatable bonds is 2. The van der Waals surface area contributed by atoms with E-state index in [2.05, 4.69) is 25.3 Å². The molecule has 0 aliphatic heterocycles. The van der Waals surface area contributed by atoms with E-state index in [-0.39, 0.29) is 10.7 Å². The second-order valence-electron chi connectivity index (χ2n) is 3.55. The molecule has 0 saturated heterocycles. The van der Waals surface area contributed by atoms with Gasteiger partial charge in [0.25, 0.3) is 0 Å². The van der Waals surface area contributed by atoms with Crippen molar-refractivity contribution in [1.29, 1.82) is 0 Å². The minimum Gasteiger partial charge on any atom is -0.340 e. The molecule has 90 valence electrons. The molecule has 3 aromatic rings. The molecule has 0 bridgehead atoms. The Hall–Kier alpha value is -2.21. The summed E-state index contributed by atoms with van der Waals surface area (Å²) in [4.78, 5) is 14.9. The maximum absolute atomic E-state index is 13.7. The summed E-state index contributed by atoms with van der Waals surface area (Å²) in [7, 11) is 0. The molecular formula is C11H7ClFN5. The summed E-state index contributed by atoms with van der Waals surface area (Å²) in [5, 5.41) is 2.91. The van der Waals surface area contributed by atoms with Gasteiger partial charge >= 0.3 is 0 Å². The van der Waals surface area contributed by atoms with Gasteiger partial charge in [0.2, 0.25) is 0 Å². The molecule has 7 heteroatoms. The van der Waals surface area contributed by atoms with Gasteiger partial charge < -0.3 is 10.3 Å². The smallest absolute Gasteiger partial charge is 0.182 e. The van der Waals surface area contributed by atoms with E-state index in [1.165, 1.54) is 18.7 Å². The van der Waals surface area contributed by atoms with Crippen LogP contribution >= 0.6 is 11.6 Å². The Kier molecular flexibility index (Phi) is 2.56. The molecular weight excluding hydrogens is 257 g/mol. The van der Waals surface area contributed by atoms with Gasteiger partial charge in [-0.15, -0.1) is 0 Å². The summed E-state index contributed by atoms with van der Waals surface area (Å²) in [6.45, 7) is 0. The van der Waals surface area contributed by atoms with E-state index >= 15 is 0 Å². The highest BCUT2D eigenvalue weighted by molar-refractivity contribution is 6.31. The third-order valence-electron chi connectivity index (χ3n) is 2.43. The van der Waals surface area contributed by atoms with E-state index in [1.807, 2.05) is 0 Å². The molecule has 0 fully saturated rings. The van der Waals surface area contributed by atoms with Gasteiger partial charge in [-0.25, -0.2) is 19.3 Å². The molecule has 0 saturated carbocycles. The van der Waals surface area contributed by atoms with Crippen molar-refractivity contribution < 1.29 is 4.39 Å². The van der Waals surface area contributed by atoms with Crippen LogP contribution in [0.25, 0.3) is 11.2 Å². The number of benzene rings is 1. The zero-order chi connectivity index (χ0) is 12.5. The number of hydrogen-bond donors (Lipinski definition) is 2. The molecule has 0 amide bonds. The maximum Gasteiger partial charge on any atom is 0.182 e. The predicted molar refractivity (Wildman–Crippen MR) is 66.4 cm³/mol. The van der Waals surface area contributed by atoms with Crippen LogP contribution < -0.4 is 5.32 Å². The van der Waals surface area contributed by atoms with E-state index in [0.29, 0.717) is 17.0 Å². The van der Waals surface area contributed by atoms with Crippen LogP contribution in [0.1, 0.15) is 0 Å². The molecule has 2 N–H and O–H groups in total. The van der Waals surface area contributed by atoms with Crippen molar-refractivity contribution in [2.45, 2.75) is 0 Å². The summed E-state index contributed by atoms with van der Waals surface area (Å²) < 4.78 is 13.7. The number of fused-ring (bicyclic) bond motifs is 1. The number of nitrogens with one attached hydrogen (secondary N) is 2. The number of aromatic nitrogens is 4. The fraction of sp³-hybridized carbons (Fsp3) is 0. The fourth-order valence-corrected chi connectivity index (χ4v) is 1.76. The van der Waals surface area contributed by atoms with Gasteiger partial charge in [-0.05, 0) is 12.1 Å². The zero-order valence-corrected chi connectivity index (χ0v) is 9.74. The van der Waals surface area contributed by atoms with Crippen molar-refractivity contribution >= 4 is 34.3 Å². The van der Waals surface area contributed by atoms with Crippen LogP contribution in [0.2, 0.25) is 5.02 Å². The Morgan fingerprint density at radius 2 is 2.11 bits per heavy atom. The molecule has 0 unspecified atom stereocenters. The topological polar surface area (TPSA) is 66.5 Å². The van der Waals surface area contributed by atoms with E-state index in [1.54, 1.807) is 12.1 Å². The number of hydrogen-bond acceptors (Lipinski definition) is 4. The predicted octanol–water partition coefficient (Wildman–Crippen LogP) is 2.89. The minimum atomic E-state index is -0.523. The second kappa shape index (κ2) is 4.23. The Morgan fingerprint density at radius 3 is 3.00 bits per heavy atom. The number of nitrogens with zero attached hydrogens (tertiary/aromatic N) is 3. The average Bonchev–Trinajstić information content (AvgIpc) is 2.84. The maximum atomic E-state index is 13.7. The minimum absolute atomic E-state index is 0.0508. The summed E-state index contributed by atoms with van der Waals surface area (Å²) in [6.07, 6.45) is 2.85. The van der Waals surface area contributed by atoms with Crippen LogP contribution in [-0.2, 0) is 0 Å². The average molecular weight is 264 g/mol. The molecule has 0 atom stereocenters. The van der Waals surface area contributed by atoms with Crippen molar-refractivity contribution in [3.63, 3.8) is 0 Å². The van der Waals surface area contributed by atoms with E-state index in [0.717, 1.165) is 0 Å².